The lowest BCUT2D eigenvalue weighted by Crippen LogP contribution is -2.15. The van der Waals surface area contributed by atoms with Crippen LogP contribution in [-0.2, 0) is 4.79 Å². The van der Waals surface area contributed by atoms with Crippen molar-refractivity contribution in [3.05, 3.63) is 11.6 Å². The molecule has 68 valence electrons. The molecule has 1 nitrogen and oxygen atoms in total. The Morgan fingerprint density at radius 3 is 2.75 bits per heavy atom. The Morgan fingerprint density at radius 2 is 2.33 bits per heavy atom. The first kappa shape index (κ1) is 9.85. The van der Waals surface area contributed by atoms with Crippen LogP contribution in [0.4, 0.5) is 0 Å². The normalized spacial score (nSPS) is 29.1. The Bertz CT molecular complexity index is 216. The van der Waals surface area contributed by atoms with Gasteiger partial charge in [-0.05, 0) is 27.2 Å². The van der Waals surface area contributed by atoms with Gasteiger partial charge in [-0.2, -0.15) is 0 Å². The van der Waals surface area contributed by atoms with E-state index in [1.165, 1.54) is 5.57 Å². The minimum atomic E-state index is 0.189. The van der Waals surface area contributed by atoms with Gasteiger partial charge in [0.05, 0.1) is 5.75 Å². The fraction of sp³-hybridized carbons (Fsp3) is 0.700. The third-order valence-electron chi connectivity index (χ3n) is 2.09. The summed E-state index contributed by atoms with van der Waals surface area (Å²) in [5.74, 6) is 1.12. The molecule has 0 amide bonds. The quantitative estimate of drug-likeness (QED) is 0.614. The minimum Gasteiger partial charge on any atom is -0.299 e. The van der Waals surface area contributed by atoms with E-state index < -0.39 is 0 Å². The van der Waals surface area contributed by atoms with Crippen molar-refractivity contribution in [3.8, 4) is 0 Å². The molecular weight excluding hydrogens is 168 g/mol. The molecule has 0 N–H and O–H groups in total. The van der Waals surface area contributed by atoms with E-state index in [-0.39, 0.29) is 4.75 Å². The molecule has 1 aliphatic rings. The van der Waals surface area contributed by atoms with Gasteiger partial charge in [-0.3, -0.25) is 4.79 Å². The Morgan fingerprint density at radius 1 is 1.67 bits per heavy atom. The van der Waals surface area contributed by atoms with Gasteiger partial charge in [-0.25, -0.2) is 0 Å². The lowest BCUT2D eigenvalue weighted by atomic mass is 10.00. The average Bonchev–Trinajstić information content (AvgIpc) is 2.29. The van der Waals surface area contributed by atoms with Crippen LogP contribution in [0.5, 0.6) is 0 Å². The van der Waals surface area contributed by atoms with E-state index in [1.54, 1.807) is 11.8 Å². The third kappa shape index (κ3) is 2.67. The Kier molecular flexibility index (Phi) is 2.99. The molecule has 0 aromatic carbocycles. The highest BCUT2D eigenvalue weighted by Crippen LogP contribution is 2.39. The Labute approximate surface area is 78.6 Å². The maximum atomic E-state index is 11.1. The van der Waals surface area contributed by atoms with E-state index in [0.29, 0.717) is 11.5 Å². The van der Waals surface area contributed by atoms with Crippen molar-refractivity contribution in [2.75, 3.05) is 5.75 Å². The molecule has 0 aromatic heterocycles. The largest absolute Gasteiger partial charge is 0.299 e. The molecule has 0 spiro atoms. The molecule has 2 heteroatoms. The molecule has 0 aromatic rings. The summed E-state index contributed by atoms with van der Waals surface area (Å²) in [5, 5.41) is 0. The van der Waals surface area contributed by atoms with Crippen LogP contribution < -0.4 is 0 Å². The summed E-state index contributed by atoms with van der Waals surface area (Å²) >= 11 is 1.80. The summed E-state index contributed by atoms with van der Waals surface area (Å²) in [5.41, 5.74) is 1.34. The van der Waals surface area contributed by atoms with Gasteiger partial charge in [0.25, 0.3) is 0 Å². The second kappa shape index (κ2) is 3.65. The van der Waals surface area contributed by atoms with Crippen molar-refractivity contribution >= 4 is 17.5 Å². The van der Waals surface area contributed by atoms with Gasteiger partial charge in [0.2, 0.25) is 0 Å². The van der Waals surface area contributed by atoms with Gasteiger partial charge >= 0.3 is 0 Å². The monoisotopic (exact) mass is 184 g/mol. The first-order chi connectivity index (χ1) is 5.52. The van der Waals surface area contributed by atoms with Crippen LogP contribution in [0.2, 0.25) is 0 Å². The Hall–Kier alpha value is -0.240. The second-order valence-electron chi connectivity index (χ2n) is 3.94. The zero-order chi connectivity index (χ0) is 9.19. The van der Waals surface area contributed by atoms with Crippen LogP contribution in [0, 0.1) is 0 Å². The van der Waals surface area contributed by atoms with Crippen LogP contribution in [-0.4, -0.2) is 16.3 Å². The van der Waals surface area contributed by atoms with Crippen LogP contribution in [0.3, 0.4) is 0 Å². The minimum absolute atomic E-state index is 0.189. The van der Waals surface area contributed by atoms with E-state index in [9.17, 15) is 4.79 Å². The van der Waals surface area contributed by atoms with Gasteiger partial charge in [0.1, 0.15) is 5.78 Å². The van der Waals surface area contributed by atoms with E-state index in [0.717, 1.165) is 12.8 Å². The number of allylic oxidation sites excluding steroid dienone is 2. The standard InChI is InChI=1S/C10H16OS/c1-8(2)4-5-10(3)6-9(11)7-12-10/h4H,5-7H2,1-3H3. The van der Waals surface area contributed by atoms with Crippen LogP contribution >= 0.6 is 11.8 Å². The van der Waals surface area contributed by atoms with E-state index in [2.05, 4.69) is 26.8 Å². The van der Waals surface area contributed by atoms with E-state index >= 15 is 0 Å². The summed E-state index contributed by atoms with van der Waals surface area (Å²) in [6.07, 6.45) is 4.01. The average molecular weight is 184 g/mol. The molecule has 0 radical (unpaired) electrons. The first-order valence-electron chi connectivity index (χ1n) is 4.31. The highest BCUT2D eigenvalue weighted by atomic mass is 32.2. The molecule has 0 saturated carbocycles. The predicted octanol–water partition coefficient (Wildman–Crippen LogP) is 2.81. The molecule has 1 unspecified atom stereocenters. The number of hydrogen-bond acceptors (Lipinski definition) is 2. The zero-order valence-electron chi connectivity index (χ0n) is 8.02. The summed E-state index contributed by atoms with van der Waals surface area (Å²) in [6.45, 7) is 6.39. The first-order valence-corrected chi connectivity index (χ1v) is 5.29. The molecule has 1 rings (SSSR count). The van der Waals surface area contributed by atoms with Crippen LogP contribution in [0.25, 0.3) is 0 Å². The summed E-state index contributed by atoms with van der Waals surface area (Å²) in [4.78, 5) is 11.1. The molecular formula is C10H16OS. The van der Waals surface area contributed by atoms with Crippen molar-refractivity contribution in [1.82, 2.24) is 0 Å². The summed E-state index contributed by atoms with van der Waals surface area (Å²) < 4.78 is 0.189. The van der Waals surface area contributed by atoms with Crippen molar-refractivity contribution in [1.29, 1.82) is 0 Å². The van der Waals surface area contributed by atoms with Gasteiger partial charge in [-0.1, -0.05) is 11.6 Å². The molecule has 1 fully saturated rings. The number of carbonyl (C=O) groups excluding carboxylic acids is 1. The highest BCUT2D eigenvalue weighted by Gasteiger charge is 2.33. The van der Waals surface area contributed by atoms with Gasteiger partial charge in [0.15, 0.2) is 0 Å². The van der Waals surface area contributed by atoms with Gasteiger partial charge in [-0.15, -0.1) is 11.8 Å². The summed E-state index contributed by atoms with van der Waals surface area (Å²) in [6, 6.07) is 0. The Balaban J connectivity index is 2.51. The van der Waals surface area contributed by atoms with Gasteiger partial charge < -0.3 is 0 Å². The zero-order valence-corrected chi connectivity index (χ0v) is 8.83. The number of hydrogen-bond donors (Lipinski definition) is 0. The molecule has 0 bridgehead atoms. The SMILES string of the molecule is CC(C)=CCC1(C)CC(=O)CS1. The molecule has 0 aliphatic carbocycles. The summed E-state index contributed by atoms with van der Waals surface area (Å²) in [7, 11) is 0. The smallest absolute Gasteiger partial charge is 0.144 e. The van der Waals surface area contributed by atoms with Crippen molar-refractivity contribution in [3.63, 3.8) is 0 Å². The number of carbonyl (C=O) groups is 1. The van der Waals surface area contributed by atoms with Crippen LogP contribution in [0.1, 0.15) is 33.6 Å². The van der Waals surface area contributed by atoms with Crippen molar-refractivity contribution in [2.45, 2.75) is 38.4 Å². The predicted molar refractivity (Wildman–Crippen MR) is 54.5 cm³/mol. The number of rotatable bonds is 2. The maximum Gasteiger partial charge on any atom is 0.144 e. The number of ketones is 1. The lowest BCUT2D eigenvalue weighted by molar-refractivity contribution is -0.116. The van der Waals surface area contributed by atoms with Crippen LogP contribution in [0.15, 0.2) is 11.6 Å². The van der Waals surface area contributed by atoms with Gasteiger partial charge in [0, 0.05) is 11.2 Å². The fourth-order valence-corrected chi connectivity index (χ4v) is 2.40. The maximum absolute atomic E-state index is 11.1. The van der Waals surface area contributed by atoms with Crippen molar-refractivity contribution < 1.29 is 4.79 Å². The number of thioether (sulfide) groups is 1. The van der Waals surface area contributed by atoms with E-state index in [1.807, 2.05) is 0 Å². The molecule has 1 heterocycles. The van der Waals surface area contributed by atoms with E-state index in [4.69, 9.17) is 0 Å². The molecule has 1 atom stereocenters. The van der Waals surface area contributed by atoms with Crippen molar-refractivity contribution in [2.24, 2.45) is 0 Å². The third-order valence-corrected chi connectivity index (χ3v) is 3.57. The fourth-order valence-electron chi connectivity index (χ4n) is 1.32. The highest BCUT2D eigenvalue weighted by molar-refractivity contribution is 8.01. The molecule has 12 heavy (non-hydrogen) atoms. The molecule has 1 aliphatic heterocycles. The number of Topliss-reactive ketones (excluding diaryl/α,β-unsaturated/α-hetero) is 1. The molecule has 1 saturated heterocycles. The second-order valence-corrected chi connectivity index (χ2v) is 5.50. The lowest BCUT2D eigenvalue weighted by Gasteiger charge is -2.19. The topological polar surface area (TPSA) is 17.1 Å².